The molecule has 2 aromatic heterocycles. The molecule has 0 aliphatic heterocycles. The number of aromatic nitrogens is 3. The van der Waals surface area contributed by atoms with E-state index in [1.54, 1.807) is 18.2 Å². The Morgan fingerprint density at radius 2 is 1.96 bits per heavy atom. The number of nitrogens with zero attached hydrogens (tertiary/aromatic N) is 4. The molecule has 0 aliphatic carbocycles. The molecule has 0 unspecified atom stereocenters. The van der Waals surface area contributed by atoms with E-state index in [1.165, 1.54) is 28.0 Å². The minimum absolute atomic E-state index is 0.00921. The second-order valence-electron chi connectivity index (χ2n) is 5.76. The second kappa shape index (κ2) is 6.16. The van der Waals surface area contributed by atoms with Gasteiger partial charge in [0.2, 0.25) is 4.96 Å². The maximum absolute atomic E-state index is 12.6. The van der Waals surface area contributed by atoms with Gasteiger partial charge in [-0.05, 0) is 36.8 Å². The SMILES string of the molecule is Cc1cccc(-c2nc3s/c(=C\c4ccc([N+](=O)[O-])cc4)c(=O)n3n2)c1. The Labute approximate surface area is 151 Å². The minimum Gasteiger partial charge on any atom is -0.266 e. The molecule has 0 bridgehead atoms. The maximum Gasteiger partial charge on any atom is 0.291 e. The van der Waals surface area contributed by atoms with Crippen molar-refractivity contribution in [3.63, 3.8) is 0 Å². The monoisotopic (exact) mass is 364 g/mol. The third kappa shape index (κ3) is 2.86. The number of nitro benzene ring substituents is 1. The first-order chi connectivity index (χ1) is 12.5. The summed E-state index contributed by atoms with van der Waals surface area (Å²) in [4.78, 5) is 27.8. The first-order valence-corrected chi connectivity index (χ1v) is 8.56. The van der Waals surface area contributed by atoms with E-state index in [1.807, 2.05) is 31.2 Å². The summed E-state index contributed by atoms with van der Waals surface area (Å²) < 4.78 is 1.77. The van der Waals surface area contributed by atoms with Gasteiger partial charge in [0, 0.05) is 17.7 Å². The summed E-state index contributed by atoms with van der Waals surface area (Å²) in [5.41, 5.74) is 2.41. The summed E-state index contributed by atoms with van der Waals surface area (Å²) >= 11 is 1.24. The van der Waals surface area contributed by atoms with Crippen molar-refractivity contribution in [2.45, 2.75) is 6.92 Å². The predicted octanol–water partition coefficient (Wildman–Crippen LogP) is 2.58. The van der Waals surface area contributed by atoms with Crippen molar-refractivity contribution in [2.24, 2.45) is 0 Å². The molecule has 0 radical (unpaired) electrons. The smallest absolute Gasteiger partial charge is 0.266 e. The van der Waals surface area contributed by atoms with Crippen molar-refractivity contribution < 1.29 is 4.92 Å². The molecular weight excluding hydrogens is 352 g/mol. The van der Waals surface area contributed by atoms with Crippen molar-refractivity contribution in [3.05, 3.63) is 84.7 Å². The van der Waals surface area contributed by atoms with Crippen LogP contribution < -0.4 is 10.1 Å². The van der Waals surface area contributed by atoms with Crippen LogP contribution in [0.4, 0.5) is 5.69 Å². The van der Waals surface area contributed by atoms with Crippen LogP contribution in [-0.2, 0) is 0 Å². The third-order valence-electron chi connectivity index (χ3n) is 3.86. The zero-order valence-electron chi connectivity index (χ0n) is 13.6. The molecule has 0 N–H and O–H groups in total. The quantitative estimate of drug-likeness (QED) is 0.412. The highest BCUT2D eigenvalue weighted by molar-refractivity contribution is 7.15. The highest BCUT2D eigenvalue weighted by atomic mass is 32.1. The maximum atomic E-state index is 12.6. The van der Waals surface area contributed by atoms with E-state index in [4.69, 9.17) is 0 Å². The lowest BCUT2D eigenvalue weighted by atomic mass is 10.1. The lowest BCUT2D eigenvalue weighted by Gasteiger charge is -1.95. The summed E-state index contributed by atoms with van der Waals surface area (Å²) in [5, 5.41) is 15.0. The molecule has 0 saturated carbocycles. The van der Waals surface area contributed by atoms with Gasteiger partial charge in [0.25, 0.3) is 11.2 Å². The first-order valence-electron chi connectivity index (χ1n) is 7.74. The zero-order valence-corrected chi connectivity index (χ0v) is 14.4. The van der Waals surface area contributed by atoms with E-state index < -0.39 is 4.92 Å². The molecule has 26 heavy (non-hydrogen) atoms. The molecule has 7 nitrogen and oxygen atoms in total. The second-order valence-corrected chi connectivity index (χ2v) is 6.77. The van der Waals surface area contributed by atoms with Gasteiger partial charge in [-0.1, -0.05) is 35.1 Å². The molecule has 8 heteroatoms. The number of benzene rings is 2. The fourth-order valence-electron chi connectivity index (χ4n) is 2.58. The lowest BCUT2D eigenvalue weighted by Crippen LogP contribution is -2.23. The molecular formula is C18H12N4O3S. The Balaban J connectivity index is 1.76. The number of non-ortho nitro benzene ring substituents is 1. The minimum atomic E-state index is -0.460. The number of hydrogen-bond acceptors (Lipinski definition) is 6. The van der Waals surface area contributed by atoms with Crippen LogP contribution in [0.5, 0.6) is 0 Å². The third-order valence-corrected chi connectivity index (χ3v) is 4.82. The van der Waals surface area contributed by atoms with Crippen LogP contribution in [0.3, 0.4) is 0 Å². The number of nitro groups is 1. The van der Waals surface area contributed by atoms with E-state index in [9.17, 15) is 14.9 Å². The fourth-order valence-corrected chi connectivity index (χ4v) is 3.49. The van der Waals surface area contributed by atoms with Crippen LogP contribution >= 0.6 is 11.3 Å². The predicted molar refractivity (Wildman–Crippen MR) is 99.2 cm³/mol. The lowest BCUT2D eigenvalue weighted by molar-refractivity contribution is -0.384. The molecule has 4 aromatic rings. The van der Waals surface area contributed by atoms with Gasteiger partial charge in [0.05, 0.1) is 9.46 Å². The van der Waals surface area contributed by atoms with Gasteiger partial charge in [-0.15, -0.1) is 5.10 Å². The molecule has 0 aliphatic rings. The average molecular weight is 364 g/mol. The van der Waals surface area contributed by atoms with Crippen LogP contribution in [0, 0.1) is 17.0 Å². The molecule has 0 fully saturated rings. The summed E-state index contributed by atoms with van der Waals surface area (Å²) in [5.74, 6) is 0.513. The number of hydrogen-bond donors (Lipinski definition) is 0. The Morgan fingerprint density at radius 3 is 2.62 bits per heavy atom. The van der Waals surface area contributed by atoms with Crippen LogP contribution in [0.25, 0.3) is 22.4 Å². The van der Waals surface area contributed by atoms with Crippen molar-refractivity contribution in [1.82, 2.24) is 14.6 Å². The van der Waals surface area contributed by atoms with Gasteiger partial charge in [-0.2, -0.15) is 9.50 Å². The normalized spacial score (nSPS) is 12.0. The Kier molecular flexibility index (Phi) is 3.81. The standard InChI is InChI=1S/C18H12N4O3S/c1-11-3-2-4-13(9-11)16-19-18-21(20-16)17(23)15(26-18)10-12-5-7-14(8-6-12)22(24)25/h2-10H,1H3/b15-10-. The van der Waals surface area contributed by atoms with Gasteiger partial charge >= 0.3 is 0 Å². The number of thiazole rings is 1. The van der Waals surface area contributed by atoms with Crippen LogP contribution in [-0.4, -0.2) is 19.5 Å². The molecule has 0 saturated heterocycles. The summed E-state index contributed by atoms with van der Waals surface area (Å²) in [6.07, 6.45) is 1.68. The summed E-state index contributed by atoms with van der Waals surface area (Å²) in [6.45, 7) is 1.98. The summed E-state index contributed by atoms with van der Waals surface area (Å²) in [7, 11) is 0. The van der Waals surface area contributed by atoms with E-state index in [2.05, 4.69) is 10.1 Å². The van der Waals surface area contributed by atoms with Gasteiger partial charge in [-0.25, -0.2) is 0 Å². The van der Waals surface area contributed by atoms with Crippen LogP contribution in [0.2, 0.25) is 0 Å². The van der Waals surface area contributed by atoms with Gasteiger partial charge in [0.1, 0.15) is 0 Å². The zero-order chi connectivity index (χ0) is 18.3. The average Bonchev–Trinajstić information content (AvgIpc) is 3.16. The number of fused-ring (bicyclic) bond motifs is 1. The van der Waals surface area contributed by atoms with Gasteiger partial charge in [0.15, 0.2) is 5.82 Å². The van der Waals surface area contributed by atoms with Crippen molar-refractivity contribution in [1.29, 1.82) is 0 Å². The van der Waals surface area contributed by atoms with Gasteiger partial charge in [-0.3, -0.25) is 14.9 Å². The molecule has 128 valence electrons. The van der Waals surface area contributed by atoms with Gasteiger partial charge < -0.3 is 0 Å². The Morgan fingerprint density at radius 1 is 1.19 bits per heavy atom. The topological polar surface area (TPSA) is 90.4 Å². The molecule has 0 atom stereocenters. The van der Waals surface area contributed by atoms with Crippen molar-refractivity contribution in [2.75, 3.05) is 0 Å². The highest BCUT2D eigenvalue weighted by Gasteiger charge is 2.12. The Hall–Kier alpha value is -3.39. The van der Waals surface area contributed by atoms with E-state index >= 15 is 0 Å². The van der Waals surface area contributed by atoms with E-state index in [-0.39, 0.29) is 11.2 Å². The molecule has 0 spiro atoms. The molecule has 4 rings (SSSR count). The molecule has 2 heterocycles. The highest BCUT2D eigenvalue weighted by Crippen LogP contribution is 2.18. The molecule has 0 amide bonds. The van der Waals surface area contributed by atoms with Crippen molar-refractivity contribution in [3.8, 4) is 11.4 Å². The summed E-state index contributed by atoms with van der Waals surface area (Å²) in [6, 6.07) is 13.8. The number of rotatable bonds is 3. The van der Waals surface area contributed by atoms with Crippen LogP contribution in [0.1, 0.15) is 11.1 Å². The fraction of sp³-hybridized carbons (Fsp3) is 0.0556. The van der Waals surface area contributed by atoms with E-state index in [0.29, 0.717) is 20.9 Å². The van der Waals surface area contributed by atoms with Crippen molar-refractivity contribution >= 4 is 28.1 Å². The number of aryl methyl sites for hydroxylation is 1. The van der Waals surface area contributed by atoms with E-state index in [0.717, 1.165) is 11.1 Å². The first kappa shape index (κ1) is 16.1. The Bertz CT molecular complexity index is 1240. The largest absolute Gasteiger partial charge is 0.291 e. The van der Waals surface area contributed by atoms with Crippen LogP contribution in [0.15, 0.2) is 53.3 Å². The molecule has 2 aromatic carbocycles.